The largest absolute Gasteiger partial charge is 0.369 e. The van der Waals surface area contributed by atoms with Gasteiger partial charge in [0, 0.05) is 22.5 Å². The molecule has 1 aliphatic heterocycles. The number of hydrogen-bond donors (Lipinski definition) is 1. The highest BCUT2D eigenvalue weighted by atomic mass is 35.5. The molecule has 4 nitrogen and oxygen atoms in total. The monoisotopic (exact) mass is 336 g/mol. The SMILES string of the molecule is CC1COC(c2ccccc2Cl)CN1C(=O)C1CCCC(N)C1. The van der Waals surface area contributed by atoms with E-state index in [1.807, 2.05) is 36.1 Å². The summed E-state index contributed by atoms with van der Waals surface area (Å²) in [4.78, 5) is 14.9. The number of nitrogens with zero attached hydrogens (tertiary/aromatic N) is 1. The van der Waals surface area contributed by atoms with E-state index in [1.54, 1.807) is 0 Å². The maximum absolute atomic E-state index is 13.0. The Kier molecular flexibility index (Phi) is 5.24. The van der Waals surface area contributed by atoms with Crippen LogP contribution in [0, 0.1) is 5.92 Å². The number of morpholine rings is 1. The third-order valence-electron chi connectivity index (χ3n) is 5.03. The van der Waals surface area contributed by atoms with Crippen LogP contribution in [0.15, 0.2) is 24.3 Å². The predicted octanol–water partition coefficient (Wildman–Crippen LogP) is 3.15. The molecule has 2 aliphatic rings. The zero-order valence-corrected chi connectivity index (χ0v) is 14.3. The second-order valence-electron chi connectivity index (χ2n) is 6.81. The van der Waals surface area contributed by atoms with E-state index >= 15 is 0 Å². The average molecular weight is 337 g/mol. The van der Waals surface area contributed by atoms with Gasteiger partial charge >= 0.3 is 0 Å². The van der Waals surface area contributed by atoms with Crippen molar-refractivity contribution in [3.05, 3.63) is 34.9 Å². The number of carbonyl (C=O) groups is 1. The molecule has 0 radical (unpaired) electrons. The van der Waals surface area contributed by atoms with Gasteiger partial charge in [0.15, 0.2) is 0 Å². The lowest BCUT2D eigenvalue weighted by Gasteiger charge is -2.41. The zero-order chi connectivity index (χ0) is 16.4. The molecule has 1 aromatic carbocycles. The number of carbonyl (C=O) groups excluding carboxylic acids is 1. The fraction of sp³-hybridized carbons (Fsp3) is 0.611. The van der Waals surface area contributed by atoms with Gasteiger partial charge in [-0.1, -0.05) is 36.2 Å². The van der Waals surface area contributed by atoms with E-state index in [0.29, 0.717) is 18.2 Å². The first-order chi connectivity index (χ1) is 11.1. The van der Waals surface area contributed by atoms with E-state index in [0.717, 1.165) is 31.2 Å². The lowest BCUT2D eigenvalue weighted by atomic mass is 9.85. The van der Waals surface area contributed by atoms with Crippen molar-refractivity contribution >= 4 is 17.5 Å². The Morgan fingerprint density at radius 2 is 2.13 bits per heavy atom. The minimum Gasteiger partial charge on any atom is -0.369 e. The van der Waals surface area contributed by atoms with E-state index < -0.39 is 0 Å². The fourth-order valence-corrected chi connectivity index (χ4v) is 3.93. The van der Waals surface area contributed by atoms with Crippen molar-refractivity contribution in [3.63, 3.8) is 0 Å². The summed E-state index contributed by atoms with van der Waals surface area (Å²) >= 11 is 6.29. The van der Waals surface area contributed by atoms with E-state index in [-0.39, 0.29) is 30.0 Å². The summed E-state index contributed by atoms with van der Waals surface area (Å²) in [6, 6.07) is 7.96. The molecule has 3 rings (SSSR count). The van der Waals surface area contributed by atoms with Crippen LogP contribution in [0.5, 0.6) is 0 Å². The molecule has 1 heterocycles. The van der Waals surface area contributed by atoms with Crippen molar-refractivity contribution in [2.75, 3.05) is 13.2 Å². The van der Waals surface area contributed by atoms with Gasteiger partial charge in [-0.15, -0.1) is 0 Å². The Morgan fingerprint density at radius 3 is 2.87 bits per heavy atom. The average Bonchev–Trinajstić information content (AvgIpc) is 2.55. The number of benzene rings is 1. The molecule has 1 saturated carbocycles. The quantitative estimate of drug-likeness (QED) is 0.902. The number of nitrogens with two attached hydrogens (primary N) is 1. The van der Waals surface area contributed by atoms with Crippen molar-refractivity contribution in [2.24, 2.45) is 11.7 Å². The highest BCUT2D eigenvalue weighted by Crippen LogP contribution is 2.32. The Bertz CT molecular complexity index is 566. The van der Waals surface area contributed by atoms with Crippen molar-refractivity contribution in [2.45, 2.75) is 50.8 Å². The number of ether oxygens (including phenoxy) is 1. The number of amides is 1. The van der Waals surface area contributed by atoms with E-state index in [9.17, 15) is 4.79 Å². The summed E-state index contributed by atoms with van der Waals surface area (Å²) in [5, 5.41) is 0.694. The van der Waals surface area contributed by atoms with Crippen LogP contribution in [-0.2, 0) is 9.53 Å². The molecule has 0 bridgehead atoms. The van der Waals surface area contributed by atoms with Gasteiger partial charge in [-0.3, -0.25) is 4.79 Å². The Morgan fingerprint density at radius 1 is 1.35 bits per heavy atom. The minimum absolute atomic E-state index is 0.0613. The van der Waals surface area contributed by atoms with E-state index in [1.165, 1.54) is 0 Å². The van der Waals surface area contributed by atoms with Gasteiger partial charge in [0.2, 0.25) is 5.91 Å². The van der Waals surface area contributed by atoms with E-state index in [4.69, 9.17) is 22.1 Å². The van der Waals surface area contributed by atoms with Crippen molar-refractivity contribution in [3.8, 4) is 0 Å². The van der Waals surface area contributed by atoms with Crippen molar-refractivity contribution in [1.29, 1.82) is 0 Å². The Hall–Kier alpha value is -1.10. The van der Waals surface area contributed by atoms with Crippen LogP contribution in [0.3, 0.4) is 0 Å². The molecule has 1 aromatic rings. The summed E-state index contributed by atoms with van der Waals surface area (Å²) in [6.45, 7) is 3.15. The lowest BCUT2D eigenvalue weighted by molar-refractivity contribution is -0.150. The minimum atomic E-state index is -0.152. The molecule has 1 saturated heterocycles. The number of rotatable bonds is 2. The Balaban J connectivity index is 1.73. The normalized spacial score (nSPS) is 31.9. The molecule has 2 fully saturated rings. The standard InChI is InChI=1S/C18H25ClN2O2/c1-12-11-23-17(15-7-2-3-8-16(15)19)10-21(12)18(22)13-5-4-6-14(20)9-13/h2-3,7-8,12-14,17H,4-6,9-11,20H2,1H3. The molecular weight excluding hydrogens is 312 g/mol. The summed E-state index contributed by atoms with van der Waals surface area (Å²) in [7, 11) is 0. The van der Waals surface area contributed by atoms with Crippen LogP contribution in [0.2, 0.25) is 5.02 Å². The molecule has 2 N–H and O–H groups in total. The molecule has 4 atom stereocenters. The van der Waals surface area contributed by atoms with Crippen LogP contribution < -0.4 is 5.73 Å². The molecule has 0 spiro atoms. The molecule has 23 heavy (non-hydrogen) atoms. The van der Waals surface area contributed by atoms with Crippen molar-refractivity contribution in [1.82, 2.24) is 4.90 Å². The molecule has 0 aromatic heterocycles. The van der Waals surface area contributed by atoms with Crippen LogP contribution in [0.25, 0.3) is 0 Å². The van der Waals surface area contributed by atoms with Crippen molar-refractivity contribution < 1.29 is 9.53 Å². The molecule has 1 amide bonds. The first-order valence-electron chi connectivity index (χ1n) is 8.48. The van der Waals surface area contributed by atoms with Crippen LogP contribution in [0.4, 0.5) is 0 Å². The first-order valence-corrected chi connectivity index (χ1v) is 8.86. The third-order valence-corrected chi connectivity index (χ3v) is 5.38. The topological polar surface area (TPSA) is 55.6 Å². The zero-order valence-electron chi connectivity index (χ0n) is 13.6. The second kappa shape index (κ2) is 7.20. The van der Waals surface area contributed by atoms with Gasteiger partial charge in [0.05, 0.1) is 19.2 Å². The van der Waals surface area contributed by atoms with Gasteiger partial charge in [0.25, 0.3) is 0 Å². The molecule has 5 heteroatoms. The van der Waals surface area contributed by atoms with Crippen LogP contribution >= 0.6 is 11.6 Å². The highest BCUT2D eigenvalue weighted by Gasteiger charge is 2.36. The van der Waals surface area contributed by atoms with Gasteiger partial charge in [0.1, 0.15) is 6.10 Å². The van der Waals surface area contributed by atoms with Gasteiger partial charge in [-0.05, 0) is 32.3 Å². The Labute approximate surface area is 142 Å². The molecule has 126 valence electrons. The summed E-state index contributed by atoms with van der Waals surface area (Å²) in [5.74, 6) is 0.291. The lowest BCUT2D eigenvalue weighted by Crippen LogP contribution is -2.51. The maximum atomic E-state index is 13.0. The molecule has 1 aliphatic carbocycles. The second-order valence-corrected chi connectivity index (χ2v) is 7.21. The molecule has 4 unspecified atom stereocenters. The summed E-state index contributed by atoms with van der Waals surface area (Å²) in [5.41, 5.74) is 7.01. The maximum Gasteiger partial charge on any atom is 0.226 e. The number of halogens is 1. The first kappa shape index (κ1) is 16.7. The molecular formula is C18H25ClN2O2. The van der Waals surface area contributed by atoms with Gasteiger partial charge < -0.3 is 15.4 Å². The van der Waals surface area contributed by atoms with Gasteiger partial charge in [-0.2, -0.15) is 0 Å². The highest BCUT2D eigenvalue weighted by molar-refractivity contribution is 6.31. The van der Waals surface area contributed by atoms with Crippen LogP contribution in [-0.4, -0.2) is 36.0 Å². The predicted molar refractivity (Wildman–Crippen MR) is 91.3 cm³/mol. The van der Waals surface area contributed by atoms with E-state index in [2.05, 4.69) is 0 Å². The third kappa shape index (κ3) is 3.70. The summed E-state index contributed by atoms with van der Waals surface area (Å²) < 4.78 is 5.94. The smallest absolute Gasteiger partial charge is 0.226 e. The van der Waals surface area contributed by atoms with Gasteiger partial charge in [-0.25, -0.2) is 0 Å². The summed E-state index contributed by atoms with van der Waals surface area (Å²) in [6.07, 6.45) is 3.68. The fourth-order valence-electron chi connectivity index (χ4n) is 3.67. The number of hydrogen-bond acceptors (Lipinski definition) is 3. The van der Waals surface area contributed by atoms with Crippen LogP contribution in [0.1, 0.15) is 44.3 Å².